The van der Waals surface area contributed by atoms with E-state index in [9.17, 15) is 17.6 Å². The molecular weight excluding hydrogens is 355 g/mol. The lowest BCUT2D eigenvalue weighted by molar-refractivity contribution is -0.141. The Hall–Kier alpha value is -1.03. The van der Waals surface area contributed by atoms with Gasteiger partial charge in [0.1, 0.15) is 11.9 Å². The van der Waals surface area contributed by atoms with E-state index < -0.39 is 27.9 Å². The van der Waals surface area contributed by atoms with Crippen LogP contribution < -0.4 is 5.32 Å². The minimum atomic E-state index is -4.00. The predicted molar refractivity (Wildman–Crippen MR) is 72.3 cm³/mol. The number of carboxylic acid groups (broad SMARTS) is 1. The summed E-state index contributed by atoms with van der Waals surface area (Å²) in [5.41, 5.74) is 0. The highest BCUT2D eigenvalue weighted by Crippen LogP contribution is 2.27. The number of carboxylic acids is 1. The SMILES string of the molecule is O=C(O)C1CNCCN1S(=O)(=O)c1ccc(F)cc1Br. The molecule has 1 unspecified atom stereocenters. The largest absolute Gasteiger partial charge is 0.480 e. The van der Waals surface area contributed by atoms with Gasteiger partial charge in [-0.3, -0.25) is 4.79 Å². The maximum absolute atomic E-state index is 13.0. The maximum atomic E-state index is 13.0. The lowest BCUT2D eigenvalue weighted by Crippen LogP contribution is -2.56. The molecule has 1 aromatic rings. The Morgan fingerprint density at radius 3 is 2.80 bits per heavy atom. The van der Waals surface area contributed by atoms with Crippen molar-refractivity contribution in [3.05, 3.63) is 28.5 Å². The Balaban J connectivity index is 2.45. The van der Waals surface area contributed by atoms with E-state index in [1.165, 1.54) is 0 Å². The Kier molecular flexibility index (Phi) is 4.43. The van der Waals surface area contributed by atoms with Crippen LogP contribution in [0.15, 0.2) is 27.6 Å². The van der Waals surface area contributed by atoms with Crippen molar-refractivity contribution < 1.29 is 22.7 Å². The van der Waals surface area contributed by atoms with Crippen molar-refractivity contribution >= 4 is 31.9 Å². The van der Waals surface area contributed by atoms with Crippen LogP contribution in [0.4, 0.5) is 4.39 Å². The van der Waals surface area contributed by atoms with Crippen molar-refractivity contribution in [2.24, 2.45) is 0 Å². The lowest BCUT2D eigenvalue weighted by atomic mass is 10.2. The summed E-state index contributed by atoms with van der Waals surface area (Å²) in [5.74, 6) is -1.80. The van der Waals surface area contributed by atoms with Crippen LogP contribution >= 0.6 is 15.9 Å². The molecule has 1 fully saturated rings. The summed E-state index contributed by atoms with van der Waals surface area (Å²) in [4.78, 5) is 11.0. The highest BCUT2D eigenvalue weighted by atomic mass is 79.9. The van der Waals surface area contributed by atoms with Gasteiger partial charge in [-0.15, -0.1) is 0 Å². The summed E-state index contributed by atoms with van der Waals surface area (Å²) in [6.07, 6.45) is 0. The molecule has 0 spiro atoms. The fourth-order valence-corrected chi connectivity index (χ4v) is 4.59. The van der Waals surface area contributed by atoms with E-state index in [1.54, 1.807) is 0 Å². The van der Waals surface area contributed by atoms with Crippen LogP contribution in [0.5, 0.6) is 0 Å². The Morgan fingerprint density at radius 2 is 2.20 bits per heavy atom. The van der Waals surface area contributed by atoms with Crippen molar-refractivity contribution in [1.29, 1.82) is 0 Å². The van der Waals surface area contributed by atoms with Gasteiger partial charge in [0, 0.05) is 24.1 Å². The normalized spacial score (nSPS) is 20.8. The Morgan fingerprint density at radius 1 is 1.50 bits per heavy atom. The lowest BCUT2D eigenvalue weighted by Gasteiger charge is -2.32. The van der Waals surface area contributed by atoms with E-state index in [2.05, 4.69) is 21.2 Å². The number of piperazine rings is 1. The smallest absolute Gasteiger partial charge is 0.323 e. The Bertz CT molecular complexity index is 637. The maximum Gasteiger partial charge on any atom is 0.323 e. The summed E-state index contributed by atoms with van der Waals surface area (Å²) < 4.78 is 39.1. The van der Waals surface area contributed by atoms with Gasteiger partial charge in [-0.05, 0) is 34.1 Å². The first-order chi connectivity index (χ1) is 9.34. The van der Waals surface area contributed by atoms with Crippen LogP contribution in [0, 0.1) is 5.82 Å². The van der Waals surface area contributed by atoms with Gasteiger partial charge in [-0.1, -0.05) is 0 Å². The number of hydrogen-bond donors (Lipinski definition) is 2. The monoisotopic (exact) mass is 366 g/mol. The van der Waals surface area contributed by atoms with Crippen LogP contribution in [0.1, 0.15) is 0 Å². The minimum Gasteiger partial charge on any atom is -0.480 e. The molecule has 2 N–H and O–H groups in total. The summed E-state index contributed by atoms with van der Waals surface area (Å²) in [6, 6.07) is 2.00. The third-order valence-electron chi connectivity index (χ3n) is 2.96. The third kappa shape index (κ3) is 2.85. The highest BCUT2D eigenvalue weighted by Gasteiger charge is 2.38. The minimum absolute atomic E-state index is 0.0351. The molecule has 1 atom stereocenters. The highest BCUT2D eigenvalue weighted by molar-refractivity contribution is 9.10. The van der Waals surface area contributed by atoms with E-state index in [4.69, 9.17) is 5.11 Å². The van der Waals surface area contributed by atoms with Crippen molar-refractivity contribution in [3.8, 4) is 0 Å². The molecule has 0 amide bonds. The van der Waals surface area contributed by atoms with Crippen molar-refractivity contribution in [3.63, 3.8) is 0 Å². The first-order valence-electron chi connectivity index (χ1n) is 5.74. The molecule has 1 aliphatic rings. The number of rotatable bonds is 3. The summed E-state index contributed by atoms with van der Waals surface area (Å²) in [6.45, 7) is 0.443. The second-order valence-electron chi connectivity index (χ2n) is 4.25. The molecule has 0 saturated carbocycles. The van der Waals surface area contributed by atoms with E-state index in [0.717, 1.165) is 22.5 Å². The molecule has 1 aliphatic heterocycles. The summed E-state index contributed by atoms with van der Waals surface area (Å²) in [7, 11) is -4.00. The third-order valence-corrected chi connectivity index (χ3v) is 5.84. The van der Waals surface area contributed by atoms with E-state index in [-0.39, 0.29) is 22.5 Å². The van der Waals surface area contributed by atoms with E-state index >= 15 is 0 Å². The number of benzene rings is 1. The average Bonchev–Trinajstić information content (AvgIpc) is 2.38. The first kappa shape index (κ1) is 15.4. The second-order valence-corrected chi connectivity index (χ2v) is 6.96. The van der Waals surface area contributed by atoms with Gasteiger partial charge >= 0.3 is 5.97 Å². The zero-order valence-electron chi connectivity index (χ0n) is 10.2. The van der Waals surface area contributed by atoms with Gasteiger partial charge in [0.15, 0.2) is 0 Å². The molecule has 110 valence electrons. The Labute approximate surface area is 123 Å². The molecule has 1 aromatic carbocycles. The molecule has 0 aromatic heterocycles. The summed E-state index contributed by atoms with van der Waals surface area (Å²) in [5, 5.41) is 11.9. The quantitative estimate of drug-likeness (QED) is 0.819. The van der Waals surface area contributed by atoms with Gasteiger partial charge in [0.25, 0.3) is 0 Å². The molecule has 9 heteroatoms. The first-order valence-corrected chi connectivity index (χ1v) is 7.98. The fourth-order valence-electron chi connectivity index (χ4n) is 1.99. The number of nitrogens with one attached hydrogen (secondary N) is 1. The number of hydrogen-bond acceptors (Lipinski definition) is 4. The average molecular weight is 367 g/mol. The van der Waals surface area contributed by atoms with Gasteiger partial charge in [-0.25, -0.2) is 12.8 Å². The van der Waals surface area contributed by atoms with Crippen molar-refractivity contribution in [2.75, 3.05) is 19.6 Å². The van der Waals surface area contributed by atoms with Gasteiger partial charge in [-0.2, -0.15) is 4.31 Å². The molecular formula is C11H12BrFN2O4S. The molecule has 2 rings (SSSR count). The molecule has 1 saturated heterocycles. The molecule has 1 heterocycles. The zero-order valence-corrected chi connectivity index (χ0v) is 12.6. The molecule has 0 radical (unpaired) electrons. The fraction of sp³-hybridized carbons (Fsp3) is 0.364. The van der Waals surface area contributed by atoms with Gasteiger partial charge < -0.3 is 10.4 Å². The number of aliphatic carboxylic acids is 1. The molecule has 20 heavy (non-hydrogen) atoms. The van der Waals surface area contributed by atoms with Crippen LogP contribution in [0.25, 0.3) is 0 Å². The zero-order chi connectivity index (χ0) is 14.9. The number of carbonyl (C=O) groups is 1. The van der Waals surface area contributed by atoms with E-state index in [1.807, 2.05) is 0 Å². The van der Waals surface area contributed by atoms with Crippen LogP contribution in [0.2, 0.25) is 0 Å². The predicted octanol–water partition coefficient (Wildman–Crippen LogP) is 0.635. The van der Waals surface area contributed by atoms with Crippen LogP contribution in [-0.2, 0) is 14.8 Å². The van der Waals surface area contributed by atoms with Gasteiger partial charge in [0.2, 0.25) is 10.0 Å². The topological polar surface area (TPSA) is 86.7 Å². The van der Waals surface area contributed by atoms with Gasteiger partial charge in [0.05, 0.1) is 4.90 Å². The second kappa shape index (κ2) is 5.76. The van der Waals surface area contributed by atoms with Crippen molar-refractivity contribution in [2.45, 2.75) is 10.9 Å². The number of halogens is 2. The number of sulfonamides is 1. The van der Waals surface area contributed by atoms with Crippen LogP contribution in [-0.4, -0.2) is 49.5 Å². The standard InChI is InChI=1S/C11H12BrFN2O4S/c12-8-5-7(13)1-2-10(8)20(18,19)15-4-3-14-6-9(15)11(16)17/h1-2,5,9,14H,3-4,6H2,(H,16,17). The summed E-state index contributed by atoms with van der Waals surface area (Å²) >= 11 is 3.00. The molecule has 6 nitrogen and oxygen atoms in total. The molecule has 0 bridgehead atoms. The van der Waals surface area contributed by atoms with E-state index in [0.29, 0.717) is 6.54 Å². The number of nitrogens with zero attached hydrogens (tertiary/aromatic N) is 1. The molecule has 0 aliphatic carbocycles. The van der Waals surface area contributed by atoms with Crippen LogP contribution in [0.3, 0.4) is 0 Å². The van der Waals surface area contributed by atoms with Crippen molar-refractivity contribution in [1.82, 2.24) is 9.62 Å².